The number of aromatic nitrogens is 1. The molecule has 0 spiro atoms. The Morgan fingerprint density at radius 1 is 1.36 bits per heavy atom. The van der Waals surface area contributed by atoms with Gasteiger partial charge in [0.2, 0.25) is 0 Å². The van der Waals surface area contributed by atoms with E-state index in [2.05, 4.69) is 4.98 Å². The van der Waals surface area contributed by atoms with Crippen LogP contribution in [-0.2, 0) is 0 Å². The Morgan fingerprint density at radius 3 is 2.79 bits per heavy atom. The third-order valence-corrected chi connectivity index (χ3v) is 2.12. The van der Waals surface area contributed by atoms with Crippen molar-refractivity contribution in [2.75, 3.05) is 0 Å². The Hall–Kier alpha value is -1.58. The molecule has 0 aliphatic rings. The van der Waals surface area contributed by atoms with Gasteiger partial charge in [-0.2, -0.15) is 0 Å². The molecule has 1 heterocycles. The molecular weight excluding hydrogens is 180 g/mol. The first-order valence-corrected chi connectivity index (χ1v) is 4.16. The van der Waals surface area contributed by atoms with Gasteiger partial charge in [-0.3, -0.25) is 4.79 Å². The molecule has 1 aromatic heterocycles. The van der Waals surface area contributed by atoms with Gasteiger partial charge in [0.25, 0.3) is 5.56 Å². The van der Waals surface area contributed by atoms with Gasteiger partial charge in [0, 0.05) is 10.9 Å². The summed E-state index contributed by atoms with van der Waals surface area (Å²) in [6.07, 6.45) is 0. The Labute approximate surface area is 81.2 Å². The predicted molar refractivity (Wildman–Crippen MR) is 54.7 cm³/mol. The fraction of sp³-hybridized carbons (Fsp3) is 0.100. The summed E-state index contributed by atoms with van der Waals surface area (Å²) in [6, 6.07) is 4.29. The van der Waals surface area contributed by atoms with Crippen LogP contribution >= 0.6 is 0 Å². The molecule has 2 nitrogen and oxygen atoms in total. The lowest BCUT2D eigenvalue weighted by atomic mass is 9.94. The zero-order valence-corrected chi connectivity index (χ0v) is 7.60. The highest BCUT2D eigenvalue weighted by Crippen LogP contribution is 2.13. The third-order valence-electron chi connectivity index (χ3n) is 2.12. The molecule has 0 unspecified atom stereocenters. The van der Waals surface area contributed by atoms with E-state index < -0.39 is 5.82 Å². The van der Waals surface area contributed by atoms with Gasteiger partial charge in [-0.1, -0.05) is 5.46 Å². The Bertz CT molecular complexity index is 562. The molecule has 0 saturated heterocycles. The number of H-pyrrole nitrogens is 1. The lowest BCUT2D eigenvalue weighted by molar-refractivity contribution is 0.640. The lowest BCUT2D eigenvalue weighted by Crippen LogP contribution is -2.12. The van der Waals surface area contributed by atoms with Crippen molar-refractivity contribution in [1.29, 1.82) is 0 Å². The number of halogens is 1. The minimum absolute atomic E-state index is 0.220. The van der Waals surface area contributed by atoms with E-state index in [0.29, 0.717) is 21.9 Å². The van der Waals surface area contributed by atoms with E-state index in [1.807, 2.05) is 0 Å². The molecule has 0 aliphatic heterocycles. The van der Waals surface area contributed by atoms with Crippen molar-refractivity contribution in [3.8, 4) is 0 Å². The molecule has 1 N–H and O–H groups in total. The van der Waals surface area contributed by atoms with E-state index >= 15 is 0 Å². The summed E-state index contributed by atoms with van der Waals surface area (Å²) < 4.78 is 13.4. The largest absolute Gasteiger partial charge is 0.322 e. The summed E-state index contributed by atoms with van der Waals surface area (Å²) in [5.74, 6) is -0.417. The van der Waals surface area contributed by atoms with Crippen LogP contribution in [0.5, 0.6) is 0 Å². The molecule has 0 bridgehead atoms. The van der Waals surface area contributed by atoms with Crippen LogP contribution < -0.4 is 11.0 Å². The molecule has 14 heavy (non-hydrogen) atoms. The lowest BCUT2D eigenvalue weighted by Gasteiger charge is -2.02. The number of aryl methyl sites for hydroxylation is 1. The molecule has 0 aliphatic carbocycles. The molecule has 0 fully saturated rings. The summed E-state index contributed by atoms with van der Waals surface area (Å²) in [5, 5.41) is 0.385. The van der Waals surface area contributed by atoms with Crippen LogP contribution in [0.1, 0.15) is 5.56 Å². The fourth-order valence-corrected chi connectivity index (χ4v) is 1.39. The number of fused-ring (bicyclic) bond motifs is 1. The summed E-state index contributed by atoms with van der Waals surface area (Å²) in [4.78, 5) is 13.8. The average molecular weight is 187 g/mol. The Balaban J connectivity index is 2.96. The summed E-state index contributed by atoms with van der Waals surface area (Å²) in [6.45, 7) is 1.63. The topological polar surface area (TPSA) is 32.9 Å². The SMILES string of the molecule is [B]c1cc(F)c2cc(C)c(=O)[nH]c2c1. The molecule has 2 rings (SSSR count). The smallest absolute Gasteiger partial charge is 0.251 e. The minimum atomic E-state index is -0.417. The van der Waals surface area contributed by atoms with Crippen molar-refractivity contribution in [3.63, 3.8) is 0 Å². The standard InChI is InChI=1S/C10H7BFNO/c1-5-2-7-8(12)3-6(11)4-9(7)13-10(5)14/h2-4H,1H3,(H,13,14). The van der Waals surface area contributed by atoms with Gasteiger partial charge < -0.3 is 4.98 Å². The van der Waals surface area contributed by atoms with E-state index in [0.717, 1.165) is 0 Å². The summed E-state index contributed by atoms with van der Waals surface area (Å²) in [7, 11) is 5.45. The van der Waals surface area contributed by atoms with Crippen molar-refractivity contribution in [2.24, 2.45) is 0 Å². The number of rotatable bonds is 0. The van der Waals surface area contributed by atoms with Crippen molar-refractivity contribution >= 4 is 24.2 Å². The molecule has 1 aromatic carbocycles. The van der Waals surface area contributed by atoms with Gasteiger partial charge >= 0.3 is 0 Å². The second-order valence-corrected chi connectivity index (χ2v) is 3.25. The maximum Gasteiger partial charge on any atom is 0.251 e. The van der Waals surface area contributed by atoms with Gasteiger partial charge in [0.05, 0.1) is 5.52 Å². The number of aromatic amines is 1. The van der Waals surface area contributed by atoms with Crippen LogP contribution in [0.15, 0.2) is 23.0 Å². The van der Waals surface area contributed by atoms with Crippen LogP contribution in [0.4, 0.5) is 4.39 Å². The van der Waals surface area contributed by atoms with Crippen LogP contribution in [0.3, 0.4) is 0 Å². The number of benzene rings is 1. The number of nitrogens with one attached hydrogen (secondary N) is 1. The third kappa shape index (κ3) is 1.33. The summed E-state index contributed by atoms with van der Waals surface area (Å²) in [5.41, 5.74) is 0.997. The van der Waals surface area contributed by atoms with Gasteiger partial charge in [-0.15, -0.1) is 0 Å². The van der Waals surface area contributed by atoms with E-state index in [1.54, 1.807) is 13.0 Å². The molecule has 68 valence electrons. The Kier molecular flexibility index (Phi) is 1.91. The first kappa shape index (κ1) is 9.00. The van der Waals surface area contributed by atoms with Crippen LogP contribution in [-0.4, -0.2) is 12.8 Å². The van der Waals surface area contributed by atoms with Gasteiger partial charge in [0.1, 0.15) is 13.7 Å². The molecule has 2 radical (unpaired) electrons. The first-order valence-electron chi connectivity index (χ1n) is 4.16. The van der Waals surface area contributed by atoms with Gasteiger partial charge in [-0.05, 0) is 25.1 Å². The van der Waals surface area contributed by atoms with Crippen molar-refractivity contribution in [1.82, 2.24) is 4.98 Å². The highest BCUT2D eigenvalue weighted by molar-refractivity contribution is 6.33. The number of hydrogen-bond acceptors (Lipinski definition) is 1. The quantitative estimate of drug-likeness (QED) is 0.607. The Morgan fingerprint density at radius 2 is 2.07 bits per heavy atom. The zero-order valence-electron chi connectivity index (χ0n) is 7.60. The second-order valence-electron chi connectivity index (χ2n) is 3.25. The normalized spacial score (nSPS) is 10.7. The van der Waals surface area contributed by atoms with Crippen molar-refractivity contribution in [3.05, 3.63) is 39.9 Å². The highest BCUT2D eigenvalue weighted by atomic mass is 19.1. The molecular formula is C10H7BFNO. The van der Waals surface area contributed by atoms with Crippen molar-refractivity contribution in [2.45, 2.75) is 6.92 Å². The second kappa shape index (κ2) is 2.98. The zero-order chi connectivity index (χ0) is 10.3. The van der Waals surface area contributed by atoms with E-state index in [9.17, 15) is 9.18 Å². The molecule has 4 heteroatoms. The number of hydrogen-bond donors (Lipinski definition) is 1. The first-order chi connectivity index (χ1) is 6.58. The molecule has 0 amide bonds. The fourth-order valence-electron chi connectivity index (χ4n) is 1.39. The van der Waals surface area contributed by atoms with Gasteiger partial charge in [0.15, 0.2) is 0 Å². The minimum Gasteiger partial charge on any atom is -0.322 e. The maximum absolute atomic E-state index is 13.4. The van der Waals surface area contributed by atoms with Crippen LogP contribution in [0.2, 0.25) is 0 Å². The van der Waals surface area contributed by atoms with Crippen molar-refractivity contribution < 1.29 is 4.39 Å². The van der Waals surface area contributed by atoms with E-state index in [-0.39, 0.29) is 5.56 Å². The maximum atomic E-state index is 13.4. The van der Waals surface area contributed by atoms with Crippen LogP contribution in [0, 0.1) is 12.7 Å². The van der Waals surface area contributed by atoms with E-state index in [1.165, 1.54) is 12.1 Å². The highest BCUT2D eigenvalue weighted by Gasteiger charge is 2.04. The van der Waals surface area contributed by atoms with E-state index in [4.69, 9.17) is 7.85 Å². The average Bonchev–Trinajstić information content (AvgIpc) is 2.08. The summed E-state index contributed by atoms with van der Waals surface area (Å²) >= 11 is 0. The predicted octanol–water partition coefficient (Wildman–Crippen LogP) is 0.769. The van der Waals surface area contributed by atoms with Crippen LogP contribution in [0.25, 0.3) is 10.9 Å². The monoisotopic (exact) mass is 187 g/mol. The molecule has 2 aromatic rings. The molecule has 0 atom stereocenters. The van der Waals surface area contributed by atoms with Gasteiger partial charge in [-0.25, -0.2) is 4.39 Å². The molecule has 0 saturated carbocycles. The number of pyridine rings is 1.